The molecule has 3 nitrogen and oxygen atoms in total. The number of aliphatic hydroxyl groups is 1. The second-order valence-electron chi connectivity index (χ2n) is 7.06. The molecule has 1 N–H and O–H groups in total. The summed E-state index contributed by atoms with van der Waals surface area (Å²) in [6, 6.07) is 0. The van der Waals surface area contributed by atoms with E-state index in [0.717, 1.165) is 50.7 Å². The molecule has 3 atom stereocenters. The van der Waals surface area contributed by atoms with Gasteiger partial charge in [0.25, 0.3) is 0 Å². The van der Waals surface area contributed by atoms with E-state index in [1.54, 1.807) is 6.92 Å². The van der Waals surface area contributed by atoms with Gasteiger partial charge in [-0.3, -0.25) is 0 Å². The number of aliphatic hydroxyl groups excluding tert-OH is 1. The molecule has 0 amide bonds. The summed E-state index contributed by atoms with van der Waals surface area (Å²) >= 11 is 0. The minimum atomic E-state index is -0.227. The smallest absolute Gasteiger partial charge is 0.129 e. The Kier molecular flexibility index (Phi) is 3.96. The number of Topliss-reactive ketones (excluding diaryl/α,β-unsaturated/α-hetero) is 1. The van der Waals surface area contributed by atoms with Gasteiger partial charge in [-0.05, 0) is 56.6 Å². The van der Waals surface area contributed by atoms with E-state index in [9.17, 15) is 9.90 Å². The number of hydrogen-bond donors (Lipinski definition) is 1. The lowest BCUT2D eigenvalue weighted by molar-refractivity contribution is -0.117. The van der Waals surface area contributed by atoms with E-state index in [-0.39, 0.29) is 23.4 Å². The van der Waals surface area contributed by atoms with Crippen LogP contribution in [-0.4, -0.2) is 23.1 Å². The zero-order chi connectivity index (χ0) is 15.0. The molecule has 1 aliphatic heterocycles. The average Bonchev–Trinajstić information content (AvgIpc) is 2.75. The molecule has 21 heavy (non-hydrogen) atoms. The number of hydrogen-bond acceptors (Lipinski definition) is 3. The zero-order valence-electron chi connectivity index (χ0n) is 13.2. The SMILES string of the molecule is CC(=O)CCC[C@H]1CCC2=C(CC[C@@]3(C)C2=CC[C@H]3O)O1. The van der Waals surface area contributed by atoms with Crippen molar-refractivity contribution in [2.45, 2.75) is 77.4 Å². The highest BCUT2D eigenvalue weighted by Gasteiger charge is 2.46. The van der Waals surface area contributed by atoms with E-state index in [0.29, 0.717) is 6.42 Å². The van der Waals surface area contributed by atoms with Crippen LogP contribution in [0.5, 0.6) is 0 Å². The number of fused-ring (bicyclic) bond motifs is 2. The molecule has 3 aliphatic rings. The highest BCUT2D eigenvalue weighted by atomic mass is 16.5. The number of carbonyl (C=O) groups excluding carboxylic acids is 1. The van der Waals surface area contributed by atoms with Crippen LogP contribution in [0.2, 0.25) is 0 Å². The van der Waals surface area contributed by atoms with Crippen molar-refractivity contribution >= 4 is 5.78 Å². The van der Waals surface area contributed by atoms with Gasteiger partial charge in [0.2, 0.25) is 0 Å². The van der Waals surface area contributed by atoms with Gasteiger partial charge in [0, 0.05) is 18.3 Å². The summed E-state index contributed by atoms with van der Waals surface area (Å²) in [6.45, 7) is 3.85. The summed E-state index contributed by atoms with van der Waals surface area (Å²) in [5, 5.41) is 10.2. The number of carbonyl (C=O) groups is 1. The summed E-state index contributed by atoms with van der Waals surface area (Å²) in [6.07, 6.45) is 9.67. The Hall–Kier alpha value is -1.09. The van der Waals surface area contributed by atoms with Crippen molar-refractivity contribution in [3.05, 3.63) is 23.0 Å². The molecule has 0 radical (unpaired) electrons. The number of ether oxygens (including phenoxy) is 1. The lowest BCUT2D eigenvalue weighted by atomic mass is 9.69. The molecule has 0 fully saturated rings. The minimum absolute atomic E-state index is 0.0519. The fourth-order valence-corrected chi connectivity index (χ4v) is 4.10. The second kappa shape index (κ2) is 5.60. The Labute approximate surface area is 127 Å². The summed E-state index contributed by atoms with van der Waals surface area (Å²) in [5.41, 5.74) is 2.66. The highest BCUT2D eigenvalue weighted by molar-refractivity contribution is 5.75. The van der Waals surface area contributed by atoms with Crippen LogP contribution in [0.15, 0.2) is 23.0 Å². The lowest BCUT2D eigenvalue weighted by Crippen LogP contribution is -2.35. The van der Waals surface area contributed by atoms with Gasteiger partial charge in [-0.2, -0.15) is 0 Å². The molecule has 0 aromatic carbocycles. The maximum Gasteiger partial charge on any atom is 0.129 e. The van der Waals surface area contributed by atoms with Gasteiger partial charge in [0.15, 0.2) is 0 Å². The molecule has 0 bridgehead atoms. The molecule has 3 heteroatoms. The van der Waals surface area contributed by atoms with E-state index in [4.69, 9.17) is 4.74 Å². The van der Waals surface area contributed by atoms with Crippen LogP contribution in [0.3, 0.4) is 0 Å². The van der Waals surface area contributed by atoms with Crippen molar-refractivity contribution < 1.29 is 14.6 Å². The third kappa shape index (κ3) is 2.68. The maximum atomic E-state index is 11.0. The molecular formula is C18H26O3. The van der Waals surface area contributed by atoms with Gasteiger partial charge in [-0.15, -0.1) is 0 Å². The largest absolute Gasteiger partial charge is 0.494 e. The van der Waals surface area contributed by atoms with E-state index >= 15 is 0 Å². The third-order valence-corrected chi connectivity index (χ3v) is 5.51. The van der Waals surface area contributed by atoms with Gasteiger partial charge in [0.05, 0.1) is 18.0 Å². The summed E-state index contributed by atoms with van der Waals surface area (Å²) in [7, 11) is 0. The number of rotatable bonds is 4. The Bertz CT molecular complexity index is 503. The Morgan fingerprint density at radius 3 is 3.05 bits per heavy atom. The standard InChI is InChI=1S/C18H26O3/c1-12(19)4-3-5-13-6-7-14-15-8-9-17(20)18(15,2)11-10-16(14)21-13/h8,13,17,20H,3-7,9-11H2,1-2H3/t13-,17+,18-/m0/s1. The zero-order valence-corrected chi connectivity index (χ0v) is 13.2. The van der Waals surface area contributed by atoms with Crippen molar-refractivity contribution in [3.8, 4) is 0 Å². The van der Waals surface area contributed by atoms with Crippen LogP contribution in [0, 0.1) is 5.41 Å². The number of ketones is 1. The van der Waals surface area contributed by atoms with Crippen LogP contribution >= 0.6 is 0 Å². The van der Waals surface area contributed by atoms with Crippen LogP contribution in [0.4, 0.5) is 0 Å². The Balaban J connectivity index is 1.67. The molecule has 0 aromatic heterocycles. The van der Waals surface area contributed by atoms with E-state index < -0.39 is 0 Å². The van der Waals surface area contributed by atoms with Gasteiger partial charge in [0.1, 0.15) is 5.78 Å². The Morgan fingerprint density at radius 2 is 2.29 bits per heavy atom. The van der Waals surface area contributed by atoms with Gasteiger partial charge >= 0.3 is 0 Å². The minimum Gasteiger partial charge on any atom is -0.494 e. The lowest BCUT2D eigenvalue weighted by Gasteiger charge is -2.41. The quantitative estimate of drug-likeness (QED) is 0.859. The second-order valence-corrected chi connectivity index (χ2v) is 7.06. The van der Waals surface area contributed by atoms with E-state index in [2.05, 4.69) is 13.0 Å². The first-order valence-corrected chi connectivity index (χ1v) is 8.28. The molecule has 0 saturated heterocycles. The number of allylic oxidation sites excluding steroid dienone is 2. The van der Waals surface area contributed by atoms with Gasteiger partial charge < -0.3 is 14.6 Å². The summed E-state index contributed by atoms with van der Waals surface area (Å²) < 4.78 is 6.21. The average molecular weight is 290 g/mol. The maximum absolute atomic E-state index is 11.0. The predicted molar refractivity (Wildman–Crippen MR) is 81.7 cm³/mol. The van der Waals surface area contributed by atoms with Crippen LogP contribution in [-0.2, 0) is 9.53 Å². The predicted octanol–water partition coefficient (Wildman–Crippen LogP) is 3.67. The third-order valence-electron chi connectivity index (χ3n) is 5.51. The molecule has 0 spiro atoms. The van der Waals surface area contributed by atoms with Gasteiger partial charge in [-0.25, -0.2) is 0 Å². The Morgan fingerprint density at radius 1 is 1.48 bits per heavy atom. The monoisotopic (exact) mass is 290 g/mol. The van der Waals surface area contributed by atoms with E-state index in [1.807, 2.05) is 0 Å². The molecular weight excluding hydrogens is 264 g/mol. The molecule has 2 aliphatic carbocycles. The normalized spacial score (nSPS) is 34.9. The molecule has 0 unspecified atom stereocenters. The molecule has 3 rings (SSSR count). The van der Waals surface area contributed by atoms with Crippen molar-refractivity contribution in [3.63, 3.8) is 0 Å². The van der Waals surface area contributed by atoms with Crippen molar-refractivity contribution in [1.82, 2.24) is 0 Å². The van der Waals surface area contributed by atoms with Crippen molar-refractivity contribution in [2.75, 3.05) is 0 Å². The fourth-order valence-electron chi connectivity index (χ4n) is 4.10. The topological polar surface area (TPSA) is 46.5 Å². The summed E-state index contributed by atoms with van der Waals surface area (Å²) in [4.78, 5) is 11.0. The molecule has 0 aromatic rings. The molecule has 116 valence electrons. The first-order valence-electron chi connectivity index (χ1n) is 8.28. The highest BCUT2D eigenvalue weighted by Crippen LogP contribution is 2.53. The van der Waals surface area contributed by atoms with E-state index in [1.165, 1.54) is 11.1 Å². The van der Waals surface area contributed by atoms with Crippen LogP contribution in [0.1, 0.15) is 65.2 Å². The molecule has 0 saturated carbocycles. The first kappa shape index (κ1) is 14.8. The molecule has 1 heterocycles. The van der Waals surface area contributed by atoms with Crippen LogP contribution in [0.25, 0.3) is 0 Å². The summed E-state index contributed by atoms with van der Waals surface area (Å²) in [5.74, 6) is 1.43. The van der Waals surface area contributed by atoms with Gasteiger partial charge in [-0.1, -0.05) is 13.0 Å². The van der Waals surface area contributed by atoms with Crippen LogP contribution < -0.4 is 0 Å². The van der Waals surface area contributed by atoms with Crippen molar-refractivity contribution in [1.29, 1.82) is 0 Å². The van der Waals surface area contributed by atoms with Crippen molar-refractivity contribution in [2.24, 2.45) is 5.41 Å². The fraction of sp³-hybridized carbons (Fsp3) is 0.722. The first-order chi connectivity index (χ1) is 10.0.